The first-order valence-electron chi connectivity index (χ1n) is 7.37. The lowest BCUT2D eigenvalue weighted by atomic mass is 10.2. The molecule has 0 atom stereocenters. The van der Waals surface area contributed by atoms with Crippen molar-refractivity contribution in [3.8, 4) is 16.3 Å². The van der Waals surface area contributed by atoms with Crippen LogP contribution in [0, 0.1) is 5.82 Å². The van der Waals surface area contributed by atoms with Crippen molar-refractivity contribution >= 4 is 28.5 Å². The maximum Gasteiger partial charge on any atom is 0.250 e. The van der Waals surface area contributed by atoms with E-state index in [2.05, 4.69) is 15.5 Å². The average Bonchev–Trinajstić information content (AvgIpc) is 3.09. The molecule has 0 aliphatic carbocycles. The Morgan fingerprint density at radius 1 is 1.16 bits per heavy atom. The number of hydrogen-bond donors (Lipinski definition) is 1. The normalized spacial score (nSPS) is 10.8. The Labute approximate surface area is 147 Å². The molecule has 126 valence electrons. The van der Waals surface area contributed by atoms with Gasteiger partial charge in [-0.05, 0) is 35.9 Å². The zero-order valence-electron chi connectivity index (χ0n) is 13.3. The third-order valence-corrected chi connectivity index (χ3v) is 4.17. The predicted octanol–water partition coefficient (Wildman–Crippen LogP) is 4.00. The van der Waals surface area contributed by atoms with E-state index >= 15 is 0 Å². The van der Waals surface area contributed by atoms with Crippen LogP contribution >= 0.6 is 11.3 Å². The number of carbonyl (C=O) groups is 1. The summed E-state index contributed by atoms with van der Waals surface area (Å²) in [6.07, 6.45) is 3.07. The number of halogens is 1. The van der Waals surface area contributed by atoms with Crippen LogP contribution in [0.2, 0.25) is 0 Å². The molecule has 2 aromatic carbocycles. The van der Waals surface area contributed by atoms with Gasteiger partial charge in [0, 0.05) is 11.6 Å². The minimum Gasteiger partial charge on any atom is -0.497 e. The summed E-state index contributed by atoms with van der Waals surface area (Å²) in [7, 11) is 1.59. The number of benzene rings is 2. The van der Waals surface area contributed by atoms with E-state index in [1.807, 2.05) is 24.3 Å². The van der Waals surface area contributed by atoms with Crippen molar-refractivity contribution in [1.29, 1.82) is 0 Å². The van der Waals surface area contributed by atoms with E-state index < -0.39 is 0 Å². The standard InChI is InChI=1S/C18H14FN3O2S/c1-24-13-9-6-12(7-10-13)8-11-16(23)20-18-22-21-17(25-18)14-4-2-3-5-15(14)19/h2-11H,1H3,(H,20,22,23)/b11-8+. The van der Waals surface area contributed by atoms with Crippen LogP contribution in [-0.2, 0) is 4.79 Å². The number of rotatable bonds is 5. The van der Waals surface area contributed by atoms with Crippen LogP contribution in [0.5, 0.6) is 5.75 Å². The number of ether oxygens (including phenoxy) is 1. The van der Waals surface area contributed by atoms with Gasteiger partial charge in [-0.15, -0.1) is 10.2 Å². The molecule has 1 heterocycles. The van der Waals surface area contributed by atoms with E-state index in [-0.39, 0.29) is 11.7 Å². The molecule has 0 radical (unpaired) electrons. The van der Waals surface area contributed by atoms with Crippen LogP contribution < -0.4 is 10.1 Å². The Hall–Kier alpha value is -3.06. The van der Waals surface area contributed by atoms with Gasteiger partial charge in [-0.1, -0.05) is 35.6 Å². The number of nitrogens with one attached hydrogen (secondary N) is 1. The lowest BCUT2D eigenvalue weighted by Gasteiger charge is -1.99. The molecule has 0 unspecified atom stereocenters. The minimum absolute atomic E-state index is 0.308. The molecular formula is C18H14FN3O2S. The number of carbonyl (C=O) groups excluding carboxylic acids is 1. The van der Waals surface area contributed by atoms with Crippen molar-refractivity contribution in [3.05, 3.63) is 66.0 Å². The van der Waals surface area contributed by atoms with Crippen LogP contribution in [0.4, 0.5) is 9.52 Å². The number of aromatic nitrogens is 2. The van der Waals surface area contributed by atoms with E-state index in [9.17, 15) is 9.18 Å². The monoisotopic (exact) mass is 355 g/mol. The molecule has 0 spiro atoms. The van der Waals surface area contributed by atoms with Crippen molar-refractivity contribution in [2.45, 2.75) is 0 Å². The van der Waals surface area contributed by atoms with Crippen molar-refractivity contribution in [3.63, 3.8) is 0 Å². The fourth-order valence-corrected chi connectivity index (χ4v) is 2.82. The van der Waals surface area contributed by atoms with Gasteiger partial charge in [0.25, 0.3) is 0 Å². The highest BCUT2D eigenvalue weighted by Gasteiger charge is 2.11. The Bertz CT molecular complexity index is 907. The second-order valence-corrected chi connectivity index (χ2v) is 5.97. The summed E-state index contributed by atoms with van der Waals surface area (Å²) < 4.78 is 18.8. The van der Waals surface area contributed by atoms with E-state index in [4.69, 9.17) is 4.74 Å². The van der Waals surface area contributed by atoms with Crippen LogP contribution in [-0.4, -0.2) is 23.2 Å². The molecule has 1 aromatic heterocycles. The van der Waals surface area contributed by atoms with Gasteiger partial charge in [0.2, 0.25) is 11.0 Å². The number of anilines is 1. The summed E-state index contributed by atoms with van der Waals surface area (Å²) in [6.45, 7) is 0. The molecule has 25 heavy (non-hydrogen) atoms. The molecule has 1 amide bonds. The third kappa shape index (κ3) is 4.27. The van der Waals surface area contributed by atoms with Crippen LogP contribution in [0.3, 0.4) is 0 Å². The van der Waals surface area contributed by atoms with Crippen molar-refractivity contribution in [1.82, 2.24) is 10.2 Å². The summed E-state index contributed by atoms with van der Waals surface area (Å²) >= 11 is 1.11. The quantitative estimate of drug-likeness (QED) is 0.703. The molecule has 5 nitrogen and oxygen atoms in total. The summed E-state index contributed by atoms with van der Waals surface area (Å²) in [6, 6.07) is 13.6. The molecule has 1 N–H and O–H groups in total. The number of hydrogen-bond acceptors (Lipinski definition) is 5. The fraction of sp³-hybridized carbons (Fsp3) is 0.0556. The van der Waals surface area contributed by atoms with Gasteiger partial charge in [-0.2, -0.15) is 0 Å². The molecule has 3 aromatic rings. The summed E-state index contributed by atoms with van der Waals surface area (Å²) in [5.41, 5.74) is 1.22. The molecular weight excluding hydrogens is 341 g/mol. The van der Waals surface area contributed by atoms with Crippen molar-refractivity contribution < 1.29 is 13.9 Å². The zero-order chi connectivity index (χ0) is 17.6. The number of methoxy groups -OCH3 is 1. The lowest BCUT2D eigenvalue weighted by Crippen LogP contribution is -2.07. The van der Waals surface area contributed by atoms with Gasteiger partial charge in [-0.3, -0.25) is 10.1 Å². The molecule has 7 heteroatoms. The number of amides is 1. The molecule has 0 saturated carbocycles. The smallest absolute Gasteiger partial charge is 0.250 e. The summed E-state index contributed by atoms with van der Waals surface area (Å²) in [5, 5.41) is 11.1. The SMILES string of the molecule is COc1ccc(/C=C/C(=O)Nc2nnc(-c3ccccc3F)s2)cc1. The lowest BCUT2D eigenvalue weighted by molar-refractivity contribution is -0.111. The van der Waals surface area contributed by atoms with E-state index in [1.165, 1.54) is 12.1 Å². The van der Waals surface area contributed by atoms with Gasteiger partial charge in [0.1, 0.15) is 11.6 Å². The van der Waals surface area contributed by atoms with E-state index in [1.54, 1.807) is 31.4 Å². The van der Waals surface area contributed by atoms with Crippen molar-refractivity contribution in [2.75, 3.05) is 12.4 Å². The van der Waals surface area contributed by atoms with Gasteiger partial charge in [0.05, 0.1) is 7.11 Å². The van der Waals surface area contributed by atoms with Crippen LogP contribution in [0.1, 0.15) is 5.56 Å². The number of nitrogens with zero attached hydrogens (tertiary/aromatic N) is 2. The van der Waals surface area contributed by atoms with Gasteiger partial charge in [0.15, 0.2) is 5.01 Å². The highest BCUT2D eigenvalue weighted by atomic mass is 32.1. The molecule has 0 aliphatic rings. The highest BCUT2D eigenvalue weighted by molar-refractivity contribution is 7.18. The Morgan fingerprint density at radius 2 is 1.92 bits per heavy atom. The van der Waals surface area contributed by atoms with Crippen molar-refractivity contribution in [2.24, 2.45) is 0 Å². The van der Waals surface area contributed by atoms with E-state index in [0.29, 0.717) is 15.7 Å². The predicted molar refractivity (Wildman–Crippen MR) is 96.0 cm³/mol. The van der Waals surface area contributed by atoms with Crippen LogP contribution in [0.25, 0.3) is 16.6 Å². The topological polar surface area (TPSA) is 64.1 Å². The summed E-state index contributed by atoms with van der Waals surface area (Å²) in [4.78, 5) is 12.0. The highest BCUT2D eigenvalue weighted by Crippen LogP contribution is 2.28. The first kappa shape index (κ1) is 16.8. The maximum absolute atomic E-state index is 13.7. The molecule has 0 fully saturated rings. The average molecular weight is 355 g/mol. The Balaban J connectivity index is 1.65. The Morgan fingerprint density at radius 3 is 2.64 bits per heavy atom. The Kier molecular flexibility index (Phi) is 5.15. The second-order valence-electron chi connectivity index (χ2n) is 4.99. The maximum atomic E-state index is 13.7. The van der Waals surface area contributed by atoms with Gasteiger partial charge < -0.3 is 4.74 Å². The van der Waals surface area contributed by atoms with Gasteiger partial charge >= 0.3 is 0 Å². The van der Waals surface area contributed by atoms with Gasteiger partial charge in [-0.25, -0.2) is 4.39 Å². The third-order valence-electron chi connectivity index (χ3n) is 3.30. The fourth-order valence-electron chi connectivity index (χ4n) is 2.05. The zero-order valence-corrected chi connectivity index (χ0v) is 14.1. The molecule has 0 aliphatic heterocycles. The largest absolute Gasteiger partial charge is 0.497 e. The molecule has 0 bridgehead atoms. The van der Waals surface area contributed by atoms with E-state index in [0.717, 1.165) is 22.6 Å². The first-order valence-corrected chi connectivity index (χ1v) is 8.19. The second kappa shape index (κ2) is 7.67. The molecule has 0 saturated heterocycles. The molecule has 3 rings (SSSR count). The first-order chi connectivity index (χ1) is 12.2. The minimum atomic E-state index is -0.379. The van der Waals surface area contributed by atoms with Crippen LogP contribution in [0.15, 0.2) is 54.6 Å². The summed E-state index contributed by atoms with van der Waals surface area (Å²) in [5.74, 6) is 0.0270.